The highest BCUT2D eigenvalue weighted by Gasteiger charge is 2.29. The Hall–Kier alpha value is -3.22. The van der Waals surface area contributed by atoms with Crippen molar-refractivity contribution in [1.82, 2.24) is 15.0 Å². The minimum Gasteiger partial charge on any atom is -0.324 e. The molecule has 2 amide bonds. The lowest BCUT2D eigenvalue weighted by Crippen LogP contribution is -2.41. The van der Waals surface area contributed by atoms with Gasteiger partial charge in [0.15, 0.2) is 0 Å². The van der Waals surface area contributed by atoms with E-state index < -0.39 is 0 Å². The maximum atomic E-state index is 13.0. The number of anilines is 2. The summed E-state index contributed by atoms with van der Waals surface area (Å²) < 4.78 is 1.59. The second kappa shape index (κ2) is 6.01. The van der Waals surface area contributed by atoms with Gasteiger partial charge in [0.1, 0.15) is 12.1 Å². The number of carbonyl (C=O) groups excluding carboxylic acids is 2. The molecule has 0 spiro atoms. The summed E-state index contributed by atoms with van der Waals surface area (Å²) in [5.41, 5.74) is 2.90. The molecule has 3 aromatic rings. The van der Waals surface area contributed by atoms with E-state index in [4.69, 9.17) is 0 Å². The molecular formula is C18H17N5O2. The van der Waals surface area contributed by atoms with E-state index in [9.17, 15) is 9.59 Å². The van der Waals surface area contributed by atoms with E-state index in [0.717, 1.165) is 11.0 Å². The van der Waals surface area contributed by atoms with Crippen molar-refractivity contribution in [2.24, 2.45) is 0 Å². The van der Waals surface area contributed by atoms with Crippen molar-refractivity contribution in [2.45, 2.75) is 25.9 Å². The third kappa shape index (κ3) is 2.73. The van der Waals surface area contributed by atoms with Gasteiger partial charge in [0.2, 0.25) is 11.8 Å². The van der Waals surface area contributed by atoms with Crippen LogP contribution in [0.2, 0.25) is 0 Å². The first-order chi connectivity index (χ1) is 12.1. The molecule has 0 radical (unpaired) electrons. The molecule has 1 aliphatic rings. The van der Waals surface area contributed by atoms with Gasteiger partial charge in [0, 0.05) is 12.5 Å². The zero-order valence-electron chi connectivity index (χ0n) is 13.7. The van der Waals surface area contributed by atoms with Crippen LogP contribution in [-0.4, -0.2) is 32.9 Å². The summed E-state index contributed by atoms with van der Waals surface area (Å²) in [5, 5.41) is 11.0. The number of amides is 2. The van der Waals surface area contributed by atoms with Crippen molar-refractivity contribution < 1.29 is 9.59 Å². The molecule has 0 bridgehead atoms. The second-order valence-electron chi connectivity index (χ2n) is 6.12. The van der Waals surface area contributed by atoms with E-state index in [2.05, 4.69) is 15.6 Å². The Kier molecular flexibility index (Phi) is 3.68. The summed E-state index contributed by atoms with van der Waals surface area (Å²) in [6.07, 6.45) is 0.249. The molecule has 25 heavy (non-hydrogen) atoms. The van der Waals surface area contributed by atoms with Crippen LogP contribution in [0.5, 0.6) is 0 Å². The molecule has 2 heterocycles. The van der Waals surface area contributed by atoms with Crippen LogP contribution in [0, 0.1) is 0 Å². The number of nitrogens with zero attached hydrogens (tertiary/aromatic N) is 4. The van der Waals surface area contributed by atoms with E-state index in [0.29, 0.717) is 11.4 Å². The molecule has 7 nitrogen and oxygen atoms in total. The number of fused-ring (bicyclic) bond motifs is 2. The summed E-state index contributed by atoms with van der Waals surface area (Å²) in [5.74, 6) is -0.228. The zero-order valence-corrected chi connectivity index (χ0v) is 13.7. The van der Waals surface area contributed by atoms with Crippen molar-refractivity contribution in [3.8, 4) is 0 Å². The lowest BCUT2D eigenvalue weighted by atomic mass is 10.1. The van der Waals surface area contributed by atoms with E-state index in [1.54, 1.807) is 15.6 Å². The van der Waals surface area contributed by atoms with Crippen molar-refractivity contribution >= 4 is 34.2 Å². The topological polar surface area (TPSA) is 80.1 Å². The van der Waals surface area contributed by atoms with Crippen molar-refractivity contribution in [3.05, 3.63) is 48.5 Å². The van der Waals surface area contributed by atoms with Crippen molar-refractivity contribution in [1.29, 1.82) is 0 Å². The first-order valence-corrected chi connectivity index (χ1v) is 8.12. The van der Waals surface area contributed by atoms with Crippen LogP contribution in [0.1, 0.15) is 13.3 Å². The van der Waals surface area contributed by atoms with Crippen LogP contribution >= 0.6 is 0 Å². The summed E-state index contributed by atoms with van der Waals surface area (Å²) in [6.45, 7) is 1.94. The number of para-hydroxylation sites is 3. The maximum Gasteiger partial charge on any atom is 0.249 e. The van der Waals surface area contributed by atoms with Gasteiger partial charge in [-0.2, -0.15) is 0 Å². The number of hydrogen-bond acceptors (Lipinski definition) is 4. The van der Waals surface area contributed by atoms with Crippen LogP contribution in [0.25, 0.3) is 11.0 Å². The summed E-state index contributed by atoms with van der Waals surface area (Å²) >= 11 is 0. The summed E-state index contributed by atoms with van der Waals surface area (Å²) in [6, 6.07) is 14.6. The van der Waals surface area contributed by atoms with Crippen LogP contribution < -0.4 is 10.2 Å². The SMILES string of the molecule is C[C@H]1CC(=O)Nc2ccccc2N1C(=O)Cn1nnc2ccccc21. The summed E-state index contributed by atoms with van der Waals surface area (Å²) in [7, 11) is 0. The Morgan fingerprint density at radius 1 is 1.20 bits per heavy atom. The number of aromatic nitrogens is 3. The van der Waals surface area contributed by atoms with Gasteiger partial charge >= 0.3 is 0 Å². The van der Waals surface area contributed by atoms with Gasteiger partial charge in [-0.05, 0) is 31.2 Å². The zero-order chi connectivity index (χ0) is 17.4. The van der Waals surface area contributed by atoms with Gasteiger partial charge < -0.3 is 10.2 Å². The van der Waals surface area contributed by atoms with Crippen molar-refractivity contribution in [2.75, 3.05) is 10.2 Å². The van der Waals surface area contributed by atoms with Gasteiger partial charge in [-0.1, -0.05) is 29.5 Å². The number of rotatable bonds is 2. The molecule has 1 N–H and O–H groups in total. The van der Waals surface area contributed by atoms with Gasteiger partial charge in [0.25, 0.3) is 0 Å². The Morgan fingerprint density at radius 3 is 2.84 bits per heavy atom. The largest absolute Gasteiger partial charge is 0.324 e. The monoisotopic (exact) mass is 335 g/mol. The molecule has 7 heteroatoms. The van der Waals surface area contributed by atoms with Gasteiger partial charge in [0.05, 0.1) is 16.9 Å². The first kappa shape index (κ1) is 15.3. The highest BCUT2D eigenvalue weighted by molar-refractivity contribution is 6.04. The van der Waals surface area contributed by atoms with Crippen LogP contribution in [-0.2, 0) is 16.1 Å². The molecule has 0 saturated carbocycles. The fraction of sp³-hybridized carbons (Fsp3) is 0.222. The normalized spacial score (nSPS) is 17.1. The minimum atomic E-state index is -0.245. The maximum absolute atomic E-state index is 13.0. The fourth-order valence-electron chi connectivity index (χ4n) is 3.21. The number of hydrogen-bond donors (Lipinski definition) is 1. The van der Waals surface area contributed by atoms with Crippen LogP contribution in [0.4, 0.5) is 11.4 Å². The van der Waals surface area contributed by atoms with E-state index in [-0.39, 0.29) is 30.8 Å². The molecule has 1 aromatic heterocycles. The third-order valence-electron chi connectivity index (χ3n) is 4.33. The smallest absolute Gasteiger partial charge is 0.249 e. The van der Waals surface area contributed by atoms with Crippen molar-refractivity contribution in [3.63, 3.8) is 0 Å². The van der Waals surface area contributed by atoms with E-state index >= 15 is 0 Å². The predicted octanol–water partition coefficient (Wildman–Crippen LogP) is 2.20. The Bertz CT molecular complexity index is 965. The number of benzene rings is 2. The second-order valence-corrected chi connectivity index (χ2v) is 6.12. The van der Waals surface area contributed by atoms with Gasteiger partial charge in [-0.25, -0.2) is 4.68 Å². The average molecular weight is 335 g/mol. The molecule has 2 aromatic carbocycles. The first-order valence-electron chi connectivity index (χ1n) is 8.12. The average Bonchev–Trinajstić information content (AvgIpc) is 2.93. The van der Waals surface area contributed by atoms with Gasteiger partial charge in [-0.3, -0.25) is 9.59 Å². The molecule has 1 atom stereocenters. The summed E-state index contributed by atoms with van der Waals surface area (Å²) in [4.78, 5) is 26.7. The molecule has 0 aliphatic carbocycles. The lowest BCUT2D eigenvalue weighted by molar-refractivity contribution is -0.120. The molecule has 0 saturated heterocycles. The molecule has 0 unspecified atom stereocenters. The Labute approximate surface area is 144 Å². The van der Waals surface area contributed by atoms with Crippen LogP contribution in [0.15, 0.2) is 48.5 Å². The van der Waals surface area contributed by atoms with E-state index in [1.807, 2.05) is 49.4 Å². The molecular weight excluding hydrogens is 318 g/mol. The Balaban J connectivity index is 1.70. The lowest BCUT2D eigenvalue weighted by Gasteiger charge is -2.27. The third-order valence-corrected chi connectivity index (χ3v) is 4.33. The minimum absolute atomic E-state index is 0.0629. The highest BCUT2D eigenvalue weighted by Crippen LogP contribution is 2.31. The quantitative estimate of drug-likeness (QED) is 0.778. The molecule has 1 aliphatic heterocycles. The van der Waals surface area contributed by atoms with E-state index in [1.165, 1.54) is 0 Å². The highest BCUT2D eigenvalue weighted by atomic mass is 16.2. The number of carbonyl (C=O) groups is 2. The standard InChI is InChI=1S/C18H17N5O2/c1-12-10-17(24)19-13-6-2-5-9-16(13)23(12)18(25)11-22-15-8-4-3-7-14(15)20-21-22/h2-9,12H,10-11H2,1H3,(H,19,24)/t12-/m0/s1. The van der Waals surface area contributed by atoms with Crippen LogP contribution in [0.3, 0.4) is 0 Å². The predicted molar refractivity (Wildman–Crippen MR) is 94.2 cm³/mol. The Morgan fingerprint density at radius 2 is 1.96 bits per heavy atom. The molecule has 126 valence electrons. The fourth-order valence-corrected chi connectivity index (χ4v) is 3.21. The number of nitrogens with one attached hydrogen (secondary N) is 1. The molecule has 0 fully saturated rings. The molecule has 4 rings (SSSR count). The van der Waals surface area contributed by atoms with Gasteiger partial charge in [-0.15, -0.1) is 5.10 Å².